The minimum atomic E-state index is -0.179. The number of rotatable bonds is 6. The molecule has 0 heterocycles. The molecule has 3 heteroatoms. The Kier molecular flexibility index (Phi) is 4.62. The molecule has 0 amide bonds. The van der Waals surface area contributed by atoms with E-state index in [0.29, 0.717) is 0 Å². The van der Waals surface area contributed by atoms with Crippen molar-refractivity contribution in [1.29, 1.82) is 0 Å². The maximum absolute atomic E-state index is 5.99. The average molecular weight is 223 g/mol. The largest absolute Gasteiger partial charge is 0.497 e. The van der Waals surface area contributed by atoms with Gasteiger partial charge in [0, 0.05) is 12.6 Å². The third-order valence-corrected chi connectivity index (χ3v) is 2.70. The second-order valence-corrected chi connectivity index (χ2v) is 4.11. The summed E-state index contributed by atoms with van der Waals surface area (Å²) in [6.45, 7) is 5.04. The van der Waals surface area contributed by atoms with Crippen molar-refractivity contribution in [3.63, 3.8) is 0 Å². The maximum Gasteiger partial charge on any atom is 0.123 e. The molecule has 0 saturated carbocycles. The fraction of sp³-hybridized carbons (Fsp3) is 0.538. The summed E-state index contributed by atoms with van der Waals surface area (Å²) in [5.41, 5.74) is -0.179. The summed E-state index contributed by atoms with van der Waals surface area (Å²) in [6, 6.07) is 7.70. The second-order valence-electron chi connectivity index (χ2n) is 4.11. The number of benzene rings is 1. The first-order valence-corrected chi connectivity index (χ1v) is 5.61. The molecule has 0 aliphatic rings. The summed E-state index contributed by atoms with van der Waals surface area (Å²) in [6.07, 6.45) is 0.949. The molecule has 1 aromatic carbocycles. The third kappa shape index (κ3) is 3.42. The van der Waals surface area contributed by atoms with Gasteiger partial charge in [-0.2, -0.15) is 0 Å². The molecule has 0 fully saturated rings. The molecule has 0 bridgehead atoms. The van der Waals surface area contributed by atoms with Gasteiger partial charge < -0.3 is 14.8 Å². The number of nitrogens with one attached hydrogen (secondary N) is 1. The van der Waals surface area contributed by atoms with Crippen LogP contribution in [0.1, 0.15) is 20.3 Å². The van der Waals surface area contributed by atoms with E-state index in [4.69, 9.17) is 9.47 Å². The maximum atomic E-state index is 5.99. The molecule has 1 N–H and O–H groups in total. The van der Waals surface area contributed by atoms with Crippen molar-refractivity contribution in [2.24, 2.45) is 0 Å². The Morgan fingerprint density at radius 1 is 1.31 bits per heavy atom. The molecule has 0 aromatic heterocycles. The van der Waals surface area contributed by atoms with Gasteiger partial charge in [-0.15, -0.1) is 0 Å². The van der Waals surface area contributed by atoms with Crippen LogP contribution < -0.4 is 14.8 Å². The molecule has 16 heavy (non-hydrogen) atoms. The van der Waals surface area contributed by atoms with Crippen LogP contribution in [0.15, 0.2) is 24.3 Å². The first-order chi connectivity index (χ1) is 7.63. The normalized spacial score (nSPS) is 14.2. The van der Waals surface area contributed by atoms with Gasteiger partial charge in [0.1, 0.15) is 17.1 Å². The van der Waals surface area contributed by atoms with Crippen molar-refractivity contribution in [1.82, 2.24) is 5.32 Å². The highest BCUT2D eigenvalue weighted by atomic mass is 16.5. The highest BCUT2D eigenvalue weighted by Gasteiger charge is 2.23. The Morgan fingerprint density at radius 3 is 2.56 bits per heavy atom. The molecule has 1 aromatic rings. The first kappa shape index (κ1) is 12.8. The van der Waals surface area contributed by atoms with Gasteiger partial charge >= 0.3 is 0 Å². The summed E-state index contributed by atoms with van der Waals surface area (Å²) in [5, 5.41) is 3.15. The van der Waals surface area contributed by atoms with Gasteiger partial charge in [-0.05, 0) is 32.5 Å². The molecule has 3 nitrogen and oxygen atoms in total. The quantitative estimate of drug-likeness (QED) is 0.803. The topological polar surface area (TPSA) is 30.5 Å². The summed E-state index contributed by atoms with van der Waals surface area (Å²) < 4.78 is 11.2. The SMILES string of the molecule is CCC(C)(CNC)Oc1cccc(OC)c1. The lowest BCUT2D eigenvalue weighted by Gasteiger charge is -2.29. The molecular weight excluding hydrogens is 202 g/mol. The predicted octanol–water partition coefficient (Wildman–Crippen LogP) is 2.46. The fourth-order valence-corrected chi connectivity index (χ4v) is 1.56. The zero-order chi connectivity index (χ0) is 12.0. The molecule has 0 aliphatic carbocycles. The van der Waals surface area contributed by atoms with Crippen LogP contribution in [0.25, 0.3) is 0 Å². The van der Waals surface area contributed by atoms with Gasteiger partial charge in [0.2, 0.25) is 0 Å². The molecule has 1 rings (SSSR count). The van der Waals surface area contributed by atoms with E-state index < -0.39 is 0 Å². The fourth-order valence-electron chi connectivity index (χ4n) is 1.56. The van der Waals surface area contributed by atoms with Gasteiger partial charge in [-0.25, -0.2) is 0 Å². The molecule has 0 spiro atoms. The van der Waals surface area contributed by atoms with Crippen molar-refractivity contribution in [2.45, 2.75) is 25.9 Å². The zero-order valence-corrected chi connectivity index (χ0v) is 10.5. The highest BCUT2D eigenvalue weighted by molar-refractivity contribution is 5.33. The molecule has 90 valence electrons. The summed E-state index contributed by atoms with van der Waals surface area (Å²) >= 11 is 0. The minimum Gasteiger partial charge on any atom is -0.497 e. The number of methoxy groups -OCH3 is 1. The van der Waals surface area contributed by atoms with Gasteiger partial charge in [0.05, 0.1) is 7.11 Å². The smallest absolute Gasteiger partial charge is 0.123 e. The van der Waals surface area contributed by atoms with Gasteiger partial charge in [-0.3, -0.25) is 0 Å². The van der Waals surface area contributed by atoms with Crippen molar-refractivity contribution >= 4 is 0 Å². The Labute approximate surface area is 97.8 Å². The predicted molar refractivity (Wildman–Crippen MR) is 66.2 cm³/mol. The molecule has 0 aliphatic heterocycles. The van der Waals surface area contributed by atoms with E-state index in [1.165, 1.54) is 0 Å². The van der Waals surface area contributed by atoms with Gasteiger partial charge in [0.15, 0.2) is 0 Å². The average Bonchev–Trinajstić information content (AvgIpc) is 2.29. The van der Waals surface area contributed by atoms with Crippen molar-refractivity contribution in [2.75, 3.05) is 20.7 Å². The van der Waals surface area contributed by atoms with Crippen LogP contribution >= 0.6 is 0 Å². The van der Waals surface area contributed by atoms with Crippen molar-refractivity contribution < 1.29 is 9.47 Å². The Bertz CT molecular complexity index is 327. The van der Waals surface area contributed by atoms with Gasteiger partial charge in [0.25, 0.3) is 0 Å². The van der Waals surface area contributed by atoms with Crippen molar-refractivity contribution in [3.05, 3.63) is 24.3 Å². The van der Waals surface area contributed by atoms with Crippen LogP contribution in [0.3, 0.4) is 0 Å². The molecule has 1 atom stereocenters. The van der Waals surface area contributed by atoms with Crippen LogP contribution in [0.5, 0.6) is 11.5 Å². The summed E-state index contributed by atoms with van der Waals surface area (Å²) in [5.74, 6) is 1.67. The van der Waals surface area contributed by atoms with E-state index in [1.807, 2.05) is 31.3 Å². The Balaban J connectivity index is 2.77. The number of hydrogen-bond donors (Lipinski definition) is 1. The number of likely N-dealkylation sites (N-methyl/N-ethyl adjacent to an activating group) is 1. The lowest BCUT2D eigenvalue weighted by molar-refractivity contribution is 0.0855. The standard InChI is InChI=1S/C13H21NO2/c1-5-13(2,10-14-3)16-12-8-6-7-11(9-12)15-4/h6-9,14H,5,10H2,1-4H3. The number of ether oxygens (including phenoxy) is 2. The van der Waals surface area contributed by atoms with E-state index in [-0.39, 0.29) is 5.60 Å². The van der Waals surface area contributed by atoms with Crippen LogP contribution in [-0.4, -0.2) is 26.3 Å². The number of hydrogen-bond acceptors (Lipinski definition) is 3. The van der Waals surface area contributed by atoms with Gasteiger partial charge in [-0.1, -0.05) is 13.0 Å². The first-order valence-electron chi connectivity index (χ1n) is 5.61. The van der Waals surface area contributed by atoms with E-state index >= 15 is 0 Å². The van der Waals surface area contributed by atoms with Crippen LogP contribution in [0.2, 0.25) is 0 Å². The van der Waals surface area contributed by atoms with Crippen LogP contribution in [0.4, 0.5) is 0 Å². The lowest BCUT2D eigenvalue weighted by Crippen LogP contribution is -2.41. The lowest BCUT2D eigenvalue weighted by atomic mass is 10.0. The van der Waals surface area contributed by atoms with Crippen LogP contribution in [-0.2, 0) is 0 Å². The zero-order valence-electron chi connectivity index (χ0n) is 10.5. The van der Waals surface area contributed by atoms with E-state index in [1.54, 1.807) is 7.11 Å². The van der Waals surface area contributed by atoms with E-state index in [2.05, 4.69) is 19.2 Å². The highest BCUT2D eigenvalue weighted by Crippen LogP contribution is 2.24. The minimum absolute atomic E-state index is 0.179. The van der Waals surface area contributed by atoms with Crippen molar-refractivity contribution in [3.8, 4) is 11.5 Å². The molecular formula is C13H21NO2. The Hall–Kier alpha value is -1.22. The second kappa shape index (κ2) is 5.75. The van der Waals surface area contributed by atoms with E-state index in [0.717, 1.165) is 24.5 Å². The molecule has 1 unspecified atom stereocenters. The molecule has 0 saturated heterocycles. The monoisotopic (exact) mass is 223 g/mol. The Morgan fingerprint density at radius 2 is 2.00 bits per heavy atom. The third-order valence-electron chi connectivity index (χ3n) is 2.70. The summed E-state index contributed by atoms with van der Waals surface area (Å²) in [7, 11) is 3.59. The molecule has 0 radical (unpaired) electrons. The van der Waals surface area contributed by atoms with Crippen LogP contribution in [0, 0.1) is 0 Å². The summed E-state index contributed by atoms with van der Waals surface area (Å²) in [4.78, 5) is 0. The van der Waals surface area contributed by atoms with E-state index in [9.17, 15) is 0 Å².